The van der Waals surface area contributed by atoms with Crippen molar-refractivity contribution >= 4 is 35.0 Å². The largest absolute Gasteiger partial charge is 0.325 e. The molecule has 0 bridgehead atoms. The maximum Gasteiger partial charge on any atom is 0.255 e. The number of aryl methyl sites for hydroxylation is 3. The summed E-state index contributed by atoms with van der Waals surface area (Å²) in [6, 6.07) is 21.1. The zero-order valence-electron chi connectivity index (χ0n) is 18.4. The van der Waals surface area contributed by atoms with Crippen molar-refractivity contribution in [3.8, 4) is 0 Å². The zero-order valence-corrected chi connectivity index (χ0v) is 19.2. The molecule has 0 fully saturated rings. The Morgan fingerprint density at radius 3 is 2.35 bits per heavy atom. The minimum Gasteiger partial charge on any atom is -0.325 e. The lowest BCUT2D eigenvalue weighted by molar-refractivity contribution is -0.115. The standard InChI is InChI=1S/C26H28N2O2S/c1-5-24(26(30)28-23-14-13-17(2)15-19(23)4)31-21-11-8-10-20(16-21)27-25(29)22-12-7-6-9-18(22)3/h6-16,24H,5H2,1-4H3,(H,27,29)(H,28,30). The summed E-state index contributed by atoms with van der Waals surface area (Å²) in [4.78, 5) is 26.4. The number of carbonyl (C=O) groups is 2. The van der Waals surface area contributed by atoms with Gasteiger partial charge in [-0.15, -0.1) is 11.8 Å². The van der Waals surface area contributed by atoms with Crippen LogP contribution in [0.25, 0.3) is 0 Å². The molecule has 0 spiro atoms. The Bertz CT molecular complexity index is 1090. The molecule has 0 aliphatic carbocycles. The monoisotopic (exact) mass is 432 g/mol. The first-order valence-corrected chi connectivity index (χ1v) is 11.3. The summed E-state index contributed by atoms with van der Waals surface area (Å²) in [6.45, 7) is 7.95. The minimum atomic E-state index is -0.233. The van der Waals surface area contributed by atoms with Crippen LogP contribution >= 0.6 is 11.8 Å². The topological polar surface area (TPSA) is 58.2 Å². The van der Waals surface area contributed by atoms with Gasteiger partial charge >= 0.3 is 0 Å². The maximum absolute atomic E-state index is 12.9. The summed E-state index contributed by atoms with van der Waals surface area (Å²) in [6.07, 6.45) is 0.696. The van der Waals surface area contributed by atoms with E-state index in [0.29, 0.717) is 17.7 Å². The van der Waals surface area contributed by atoms with Crippen molar-refractivity contribution in [2.24, 2.45) is 0 Å². The highest BCUT2D eigenvalue weighted by Gasteiger charge is 2.19. The number of rotatable bonds is 7. The Labute approximate surface area is 188 Å². The quantitative estimate of drug-likeness (QED) is 0.426. The first-order valence-electron chi connectivity index (χ1n) is 10.4. The highest BCUT2D eigenvalue weighted by molar-refractivity contribution is 8.00. The molecule has 2 amide bonds. The predicted molar refractivity (Wildman–Crippen MR) is 130 cm³/mol. The molecular formula is C26H28N2O2S. The third kappa shape index (κ3) is 5.98. The van der Waals surface area contributed by atoms with Crippen molar-refractivity contribution in [3.05, 3.63) is 89.0 Å². The van der Waals surface area contributed by atoms with Crippen LogP contribution in [0.3, 0.4) is 0 Å². The first-order chi connectivity index (χ1) is 14.9. The summed E-state index contributed by atoms with van der Waals surface area (Å²) in [5, 5.41) is 5.78. The molecule has 3 rings (SSSR count). The number of benzene rings is 3. The molecule has 4 nitrogen and oxygen atoms in total. The number of amides is 2. The Morgan fingerprint density at radius 1 is 0.871 bits per heavy atom. The van der Waals surface area contributed by atoms with E-state index < -0.39 is 0 Å². The van der Waals surface area contributed by atoms with Gasteiger partial charge in [-0.05, 0) is 68.7 Å². The molecule has 0 saturated carbocycles. The van der Waals surface area contributed by atoms with Crippen LogP contribution in [0.15, 0.2) is 71.6 Å². The molecule has 3 aromatic carbocycles. The molecule has 0 aliphatic heterocycles. The van der Waals surface area contributed by atoms with Gasteiger partial charge in [-0.2, -0.15) is 0 Å². The van der Waals surface area contributed by atoms with Gasteiger partial charge in [0.2, 0.25) is 5.91 Å². The highest BCUT2D eigenvalue weighted by Crippen LogP contribution is 2.29. The van der Waals surface area contributed by atoms with Gasteiger partial charge < -0.3 is 10.6 Å². The van der Waals surface area contributed by atoms with Crippen molar-refractivity contribution in [3.63, 3.8) is 0 Å². The van der Waals surface area contributed by atoms with Crippen molar-refractivity contribution < 1.29 is 9.59 Å². The van der Waals surface area contributed by atoms with E-state index >= 15 is 0 Å². The molecule has 0 saturated heterocycles. The SMILES string of the molecule is CCC(Sc1cccc(NC(=O)c2ccccc2C)c1)C(=O)Nc1ccc(C)cc1C. The van der Waals surface area contributed by atoms with Gasteiger partial charge in [0.05, 0.1) is 5.25 Å². The fourth-order valence-electron chi connectivity index (χ4n) is 3.33. The van der Waals surface area contributed by atoms with Gasteiger partial charge in [-0.1, -0.05) is 48.9 Å². The van der Waals surface area contributed by atoms with Crippen molar-refractivity contribution in [2.45, 2.75) is 44.3 Å². The fraction of sp³-hybridized carbons (Fsp3) is 0.231. The van der Waals surface area contributed by atoms with Crippen LogP contribution in [-0.2, 0) is 4.79 Å². The van der Waals surface area contributed by atoms with Crippen molar-refractivity contribution in [1.29, 1.82) is 0 Å². The molecule has 0 heterocycles. The van der Waals surface area contributed by atoms with Gasteiger partial charge in [0.15, 0.2) is 0 Å². The van der Waals surface area contributed by atoms with Crippen LogP contribution in [0.4, 0.5) is 11.4 Å². The van der Waals surface area contributed by atoms with Crippen LogP contribution in [-0.4, -0.2) is 17.1 Å². The second kappa shape index (κ2) is 10.3. The van der Waals surface area contributed by atoms with Gasteiger partial charge in [-0.25, -0.2) is 0 Å². The van der Waals surface area contributed by atoms with E-state index in [9.17, 15) is 9.59 Å². The Morgan fingerprint density at radius 2 is 1.65 bits per heavy atom. The molecular weight excluding hydrogens is 404 g/mol. The summed E-state index contributed by atoms with van der Waals surface area (Å²) < 4.78 is 0. The van der Waals surface area contributed by atoms with Gasteiger partial charge in [0.25, 0.3) is 5.91 Å². The third-order valence-electron chi connectivity index (χ3n) is 5.06. The molecule has 0 aromatic heterocycles. The number of nitrogens with one attached hydrogen (secondary N) is 2. The number of hydrogen-bond acceptors (Lipinski definition) is 3. The van der Waals surface area contributed by atoms with E-state index in [0.717, 1.165) is 21.7 Å². The Hall–Kier alpha value is -3.05. The van der Waals surface area contributed by atoms with Crippen LogP contribution < -0.4 is 10.6 Å². The van der Waals surface area contributed by atoms with Crippen molar-refractivity contribution in [1.82, 2.24) is 0 Å². The summed E-state index contributed by atoms with van der Waals surface area (Å²) in [5.41, 5.74) is 5.35. The van der Waals surface area contributed by atoms with Gasteiger partial charge in [0.1, 0.15) is 0 Å². The smallest absolute Gasteiger partial charge is 0.255 e. The summed E-state index contributed by atoms with van der Waals surface area (Å²) in [7, 11) is 0. The van der Waals surface area contributed by atoms with Crippen molar-refractivity contribution in [2.75, 3.05) is 10.6 Å². The van der Waals surface area contributed by atoms with E-state index in [1.165, 1.54) is 17.3 Å². The average molecular weight is 433 g/mol. The number of hydrogen-bond donors (Lipinski definition) is 2. The second-order valence-electron chi connectivity index (χ2n) is 7.62. The van der Waals surface area contributed by atoms with E-state index in [1.807, 2.05) is 88.4 Å². The number of thioether (sulfide) groups is 1. The lowest BCUT2D eigenvalue weighted by atomic mass is 10.1. The van der Waals surface area contributed by atoms with Crippen LogP contribution in [0, 0.1) is 20.8 Å². The normalized spacial score (nSPS) is 11.6. The van der Waals surface area contributed by atoms with Crippen LogP contribution in [0.1, 0.15) is 40.4 Å². The molecule has 3 aromatic rings. The predicted octanol–water partition coefficient (Wildman–Crippen LogP) is 6.37. The molecule has 0 radical (unpaired) electrons. The molecule has 160 valence electrons. The highest BCUT2D eigenvalue weighted by atomic mass is 32.2. The summed E-state index contributed by atoms with van der Waals surface area (Å²) in [5.74, 6) is -0.159. The van der Waals surface area contributed by atoms with Gasteiger partial charge in [-0.3, -0.25) is 9.59 Å². The lowest BCUT2D eigenvalue weighted by Gasteiger charge is -2.17. The van der Waals surface area contributed by atoms with E-state index in [4.69, 9.17) is 0 Å². The second-order valence-corrected chi connectivity index (χ2v) is 8.90. The Balaban J connectivity index is 1.69. The molecule has 5 heteroatoms. The van der Waals surface area contributed by atoms with E-state index in [-0.39, 0.29) is 17.1 Å². The molecule has 2 N–H and O–H groups in total. The minimum absolute atomic E-state index is 0.0196. The third-order valence-corrected chi connectivity index (χ3v) is 6.42. The number of carbonyl (C=O) groups excluding carboxylic acids is 2. The first kappa shape index (κ1) is 22.6. The Kier molecular flexibility index (Phi) is 7.53. The van der Waals surface area contributed by atoms with Crippen LogP contribution in [0.2, 0.25) is 0 Å². The zero-order chi connectivity index (χ0) is 22.4. The number of anilines is 2. The maximum atomic E-state index is 12.9. The molecule has 31 heavy (non-hydrogen) atoms. The van der Waals surface area contributed by atoms with Crippen LogP contribution in [0.5, 0.6) is 0 Å². The molecule has 0 aliphatic rings. The fourth-order valence-corrected chi connectivity index (χ4v) is 4.34. The van der Waals surface area contributed by atoms with E-state index in [1.54, 1.807) is 0 Å². The summed E-state index contributed by atoms with van der Waals surface area (Å²) >= 11 is 1.50. The lowest BCUT2D eigenvalue weighted by Crippen LogP contribution is -2.25. The van der Waals surface area contributed by atoms with Gasteiger partial charge in [0, 0.05) is 21.8 Å². The van der Waals surface area contributed by atoms with E-state index in [2.05, 4.69) is 16.7 Å². The molecule has 1 atom stereocenters. The molecule has 1 unspecified atom stereocenters. The average Bonchev–Trinajstić information content (AvgIpc) is 2.74.